The summed E-state index contributed by atoms with van der Waals surface area (Å²) >= 11 is 0. The second kappa shape index (κ2) is 2.70. The minimum Gasteiger partial charge on any atom is -0.399 e. The van der Waals surface area contributed by atoms with E-state index in [4.69, 9.17) is 5.73 Å². The lowest BCUT2D eigenvalue weighted by Crippen LogP contribution is -2.36. The Morgan fingerprint density at radius 1 is 1.25 bits per heavy atom. The number of hydrogen-bond acceptors (Lipinski definition) is 2. The number of hydrogen-bond donors (Lipinski definition) is 1. The summed E-state index contributed by atoms with van der Waals surface area (Å²) in [7, 11) is 0. The van der Waals surface area contributed by atoms with Gasteiger partial charge < -0.3 is 10.6 Å². The van der Waals surface area contributed by atoms with Crippen LogP contribution in [0.1, 0.15) is 12.0 Å². The zero-order chi connectivity index (χ0) is 8.55. The molecule has 1 fully saturated rings. The van der Waals surface area contributed by atoms with Crippen molar-refractivity contribution in [2.45, 2.75) is 13.3 Å². The fraction of sp³-hybridized carbons (Fsp3) is 0.400. The topological polar surface area (TPSA) is 29.3 Å². The zero-order valence-electron chi connectivity index (χ0n) is 7.38. The van der Waals surface area contributed by atoms with Crippen LogP contribution in [-0.4, -0.2) is 13.1 Å². The maximum absolute atomic E-state index is 5.75. The molecule has 0 unspecified atom stereocenters. The fourth-order valence-electron chi connectivity index (χ4n) is 1.55. The number of nitrogen functional groups attached to an aromatic ring is 1. The molecule has 0 aliphatic carbocycles. The third-order valence-electron chi connectivity index (χ3n) is 2.31. The standard InChI is InChI=1S/C10H14N2/c1-8-5-9(11)7-10(6-8)12-3-2-4-12/h5-7H,2-4,11H2,1H3. The van der Waals surface area contributed by atoms with Crippen LogP contribution in [-0.2, 0) is 0 Å². The van der Waals surface area contributed by atoms with Crippen LogP contribution in [0.4, 0.5) is 11.4 Å². The van der Waals surface area contributed by atoms with E-state index in [1.165, 1.54) is 30.8 Å². The van der Waals surface area contributed by atoms with Gasteiger partial charge in [-0.25, -0.2) is 0 Å². The minimum atomic E-state index is 0.872. The molecule has 12 heavy (non-hydrogen) atoms. The molecule has 0 saturated carbocycles. The summed E-state index contributed by atoms with van der Waals surface area (Å²) in [6, 6.07) is 6.24. The molecule has 1 aliphatic rings. The SMILES string of the molecule is Cc1cc(N)cc(N2CCC2)c1. The number of aryl methyl sites for hydroxylation is 1. The van der Waals surface area contributed by atoms with Crippen molar-refractivity contribution in [3.05, 3.63) is 23.8 Å². The summed E-state index contributed by atoms with van der Waals surface area (Å²) in [6.45, 7) is 4.45. The predicted molar refractivity (Wildman–Crippen MR) is 52.4 cm³/mol. The highest BCUT2D eigenvalue weighted by atomic mass is 15.2. The summed E-state index contributed by atoms with van der Waals surface area (Å²) in [4.78, 5) is 2.35. The van der Waals surface area contributed by atoms with Crippen LogP contribution in [0.2, 0.25) is 0 Å². The quantitative estimate of drug-likeness (QED) is 0.638. The summed E-state index contributed by atoms with van der Waals surface area (Å²) < 4.78 is 0. The first kappa shape index (κ1) is 7.47. The molecule has 1 aromatic carbocycles. The third kappa shape index (κ3) is 1.24. The number of anilines is 2. The molecule has 1 heterocycles. The van der Waals surface area contributed by atoms with Crippen LogP contribution in [0.25, 0.3) is 0 Å². The smallest absolute Gasteiger partial charge is 0.0389 e. The second-order valence-corrected chi connectivity index (χ2v) is 3.44. The average Bonchev–Trinajstić information content (AvgIpc) is 1.79. The highest BCUT2D eigenvalue weighted by molar-refractivity contribution is 5.59. The first-order valence-corrected chi connectivity index (χ1v) is 4.38. The van der Waals surface area contributed by atoms with Crippen LogP contribution < -0.4 is 10.6 Å². The zero-order valence-corrected chi connectivity index (χ0v) is 7.38. The molecule has 2 nitrogen and oxygen atoms in total. The average molecular weight is 162 g/mol. The summed E-state index contributed by atoms with van der Waals surface area (Å²) in [6.07, 6.45) is 1.31. The Morgan fingerprint density at radius 2 is 2.00 bits per heavy atom. The van der Waals surface area contributed by atoms with Gasteiger partial charge in [0.05, 0.1) is 0 Å². The number of rotatable bonds is 1. The van der Waals surface area contributed by atoms with Gasteiger partial charge in [0.25, 0.3) is 0 Å². The summed E-state index contributed by atoms with van der Waals surface area (Å²) in [5.41, 5.74) is 9.15. The van der Waals surface area contributed by atoms with Crippen molar-refractivity contribution in [2.24, 2.45) is 0 Å². The van der Waals surface area contributed by atoms with E-state index in [0.717, 1.165) is 5.69 Å². The Labute approximate surface area is 73.0 Å². The molecule has 0 bridgehead atoms. The van der Waals surface area contributed by atoms with Crippen molar-refractivity contribution in [1.29, 1.82) is 0 Å². The van der Waals surface area contributed by atoms with E-state index >= 15 is 0 Å². The normalized spacial score (nSPS) is 15.9. The molecule has 0 aromatic heterocycles. The van der Waals surface area contributed by atoms with Gasteiger partial charge in [-0.15, -0.1) is 0 Å². The molecule has 64 valence electrons. The van der Waals surface area contributed by atoms with Crippen LogP contribution in [0.15, 0.2) is 18.2 Å². The van der Waals surface area contributed by atoms with Gasteiger partial charge in [-0.3, -0.25) is 0 Å². The Bertz CT molecular complexity index is 270. The molecule has 2 heteroatoms. The number of benzene rings is 1. The molecule has 1 aromatic rings. The molecule has 0 radical (unpaired) electrons. The van der Waals surface area contributed by atoms with Crippen molar-refractivity contribution in [2.75, 3.05) is 23.7 Å². The van der Waals surface area contributed by atoms with Gasteiger partial charge in [-0.1, -0.05) is 0 Å². The lowest BCUT2D eigenvalue weighted by atomic mass is 10.1. The van der Waals surface area contributed by atoms with Crippen molar-refractivity contribution < 1.29 is 0 Å². The minimum absolute atomic E-state index is 0.872. The van der Waals surface area contributed by atoms with Crippen molar-refractivity contribution in [1.82, 2.24) is 0 Å². The van der Waals surface area contributed by atoms with E-state index in [-0.39, 0.29) is 0 Å². The Morgan fingerprint density at radius 3 is 2.50 bits per heavy atom. The van der Waals surface area contributed by atoms with Gasteiger partial charge in [0.1, 0.15) is 0 Å². The number of nitrogens with zero attached hydrogens (tertiary/aromatic N) is 1. The largest absolute Gasteiger partial charge is 0.399 e. The van der Waals surface area contributed by atoms with Gasteiger partial charge in [-0.2, -0.15) is 0 Å². The molecular formula is C10H14N2. The maximum Gasteiger partial charge on any atom is 0.0389 e. The third-order valence-corrected chi connectivity index (χ3v) is 2.31. The Kier molecular flexibility index (Phi) is 1.68. The van der Waals surface area contributed by atoms with Gasteiger partial charge in [0.2, 0.25) is 0 Å². The Balaban J connectivity index is 2.30. The van der Waals surface area contributed by atoms with E-state index in [1.807, 2.05) is 12.1 Å². The predicted octanol–water partition coefficient (Wildman–Crippen LogP) is 1.79. The maximum atomic E-state index is 5.75. The van der Waals surface area contributed by atoms with Gasteiger partial charge >= 0.3 is 0 Å². The monoisotopic (exact) mass is 162 g/mol. The molecule has 2 rings (SSSR count). The molecule has 1 aliphatic heterocycles. The van der Waals surface area contributed by atoms with Gasteiger partial charge in [0.15, 0.2) is 0 Å². The first-order valence-electron chi connectivity index (χ1n) is 4.38. The molecular weight excluding hydrogens is 148 g/mol. The first-order chi connectivity index (χ1) is 5.75. The lowest BCUT2D eigenvalue weighted by Gasteiger charge is -2.33. The number of nitrogens with two attached hydrogens (primary N) is 1. The Hall–Kier alpha value is -1.18. The van der Waals surface area contributed by atoms with E-state index < -0.39 is 0 Å². The molecule has 0 amide bonds. The molecule has 2 N–H and O–H groups in total. The van der Waals surface area contributed by atoms with Crippen molar-refractivity contribution >= 4 is 11.4 Å². The van der Waals surface area contributed by atoms with E-state index in [9.17, 15) is 0 Å². The fourth-order valence-corrected chi connectivity index (χ4v) is 1.55. The van der Waals surface area contributed by atoms with E-state index in [2.05, 4.69) is 17.9 Å². The highest BCUT2D eigenvalue weighted by Crippen LogP contribution is 2.24. The second-order valence-electron chi connectivity index (χ2n) is 3.44. The van der Waals surface area contributed by atoms with Crippen LogP contribution in [0.5, 0.6) is 0 Å². The molecule has 0 spiro atoms. The molecule has 1 saturated heterocycles. The van der Waals surface area contributed by atoms with Crippen LogP contribution in [0, 0.1) is 6.92 Å². The van der Waals surface area contributed by atoms with Gasteiger partial charge in [-0.05, 0) is 37.1 Å². The highest BCUT2D eigenvalue weighted by Gasteiger charge is 2.14. The van der Waals surface area contributed by atoms with Crippen molar-refractivity contribution in [3.8, 4) is 0 Å². The molecule has 0 atom stereocenters. The van der Waals surface area contributed by atoms with Gasteiger partial charge in [0, 0.05) is 24.5 Å². The summed E-state index contributed by atoms with van der Waals surface area (Å²) in [5.74, 6) is 0. The van der Waals surface area contributed by atoms with E-state index in [0.29, 0.717) is 0 Å². The van der Waals surface area contributed by atoms with Crippen molar-refractivity contribution in [3.63, 3.8) is 0 Å². The van der Waals surface area contributed by atoms with E-state index in [1.54, 1.807) is 0 Å². The van der Waals surface area contributed by atoms with Crippen LogP contribution >= 0.6 is 0 Å². The summed E-state index contributed by atoms with van der Waals surface area (Å²) in [5, 5.41) is 0. The lowest BCUT2D eigenvalue weighted by molar-refractivity contribution is 0.618. The van der Waals surface area contributed by atoms with Crippen LogP contribution in [0.3, 0.4) is 0 Å².